The Hall–Kier alpha value is -3.91. The molecule has 172 valence electrons. The number of hydrogen-bond donors (Lipinski definition) is 1. The Kier molecular flexibility index (Phi) is 5.67. The van der Waals surface area contributed by atoms with Crippen molar-refractivity contribution in [2.24, 2.45) is 4.99 Å². The molecule has 0 bridgehead atoms. The van der Waals surface area contributed by atoms with E-state index in [0.29, 0.717) is 26.4 Å². The van der Waals surface area contributed by atoms with Crippen LogP contribution in [0.2, 0.25) is 0 Å². The van der Waals surface area contributed by atoms with E-state index >= 15 is 0 Å². The van der Waals surface area contributed by atoms with Gasteiger partial charge in [0.2, 0.25) is 0 Å². The normalized spacial score (nSPS) is 15.9. The Labute approximate surface area is 199 Å². The summed E-state index contributed by atoms with van der Waals surface area (Å²) < 4.78 is 12.8. The van der Waals surface area contributed by atoms with E-state index in [0.717, 1.165) is 22.0 Å². The van der Waals surface area contributed by atoms with Gasteiger partial charge in [-0.3, -0.25) is 9.36 Å². The van der Waals surface area contributed by atoms with Crippen molar-refractivity contribution < 1.29 is 14.3 Å². The molecule has 1 N–H and O–H groups in total. The van der Waals surface area contributed by atoms with Gasteiger partial charge >= 0.3 is 5.97 Å². The lowest BCUT2D eigenvalue weighted by molar-refractivity contribution is -0.139. The number of esters is 1. The molecule has 2 aromatic heterocycles. The summed E-state index contributed by atoms with van der Waals surface area (Å²) >= 11 is 1.31. The number of H-pyrrole nitrogens is 1. The highest BCUT2D eigenvalue weighted by atomic mass is 32.1. The fourth-order valence-electron chi connectivity index (χ4n) is 4.25. The van der Waals surface area contributed by atoms with E-state index in [-0.39, 0.29) is 12.2 Å². The number of aromatic nitrogens is 2. The molecule has 2 aromatic carbocycles. The Morgan fingerprint density at radius 3 is 2.71 bits per heavy atom. The van der Waals surface area contributed by atoms with E-state index in [4.69, 9.17) is 9.47 Å². The number of para-hydroxylation sites is 1. The van der Waals surface area contributed by atoms with E-state index in [1.165, 1.54) is 11.3 Å². The first-order valence-corrected chi connectivity index (χ1v) is 11.7. The zero-order valence-corrected chi connectivity index (χ0v) is 19.8. The number of carbonyl (C=O) groups is 1. The summed E-state index contributed by atoms with van der Waals surface area (Å²) in [5.74, 6) is 0.212. The van der Waals surface area contributed by atoms with Crippen LogP contribution in [0, 0.1) is 0 Å². The Bertz CT molecular complexity index is 1610. The van der Waals surface area contributed by atoms with Crippen LogP contribution in [0.5, 0.6) is 5.75 Å². The predicted octanol–water partition coefficient (Wildman–Crippen LogP) is 3.29. The first kappa shape index (κ1) is 21.9. The Morgan fingerprint density at radius 2 is 1.97 bits per heavy atom. The molecule has 0 radical (unpaired) electrons. The number of ether oxygens (including phenoxy) is 2. The van der Waals surface area contributed by atoms with Gasteiger partial charge in [0.05, 0.1) is 35.6 Å². The van der Waals surface area contributed by atoms with Crippen LogP contribution in [0.3, 0.4) is 0 Å². The van der Waals surface area contributed by atoms with Crippen molar-refractivity contribution in [3.05, 3.63) is 96.8 Å². The number of rotatable bonds is 5. The van der Waals surface area contributed by atoms with Crippen molar-refractivity contribution in [1.82, 2.24) is 9.55 Å². The van der Waals surface area contributed by atoms with Crippen molar-refractivity contribution in [2.45, 2.75) is 19.9 Å². The van der Waals surface area contributed by atoms with Crippen molar-refractivity contribution in [3.8, 4) is 5.75 Å². The molecule has 1 atom stereocenters. The molecule has 5 rings (SSSR count). The van der Waals surface area contributed by atoms with Crippen LogP contribution in [0.1, 0.15) is 31.0 Å². The SMILES string of the molecule is CCOC(=O)C1=C(C)N=c2sc(=Cc3c[nH]c4ccccc34)c(=O)n2C1c1ccc(OC)cc1. The number of aromatic amines is 1. The number of carbonyl (C=O) groups excluding carboxylic acids is 1. The second-order valence-corrected chi connectivity index (χ2v) is 8.87. The third-order valence-corrected chi connectivity index (χ3v) is 6.84. The molecule has 7 nitrogen and oxygen atoms in total. The van der Waals surface area contributed by atoms with Gasteiger partial charge < -0.3 is 14.5 Å². The number of nitrogens with zero attached hydrogens (tertiary/aromatic N) is 2. The van der Waals surface area contributed by atoms with Gasteiger partial charge in [-0.2, -0.15) is 0 Å². The highest BCUT2D eigenvalue weighted by molar-refractivity contribution is 7.07. The van der Waals surface area contributed by atoms with E-state index in [1.807, 2.05) is 60.8 Å². The molecule has 4 aromatic rings. The quantitative estimate of drug-likeness (QED) is 0.451. The maximum Gasteiger partial charge on any atom is 0.338 e. The fourth-order valence-corrected chi connectivity index (χ4v) is 5.29. The summed E-state index contributed by atoms with van der Waals surface area (Å²) in [4.78, 5) is 35.0. The molecule has 0 saturated heterocycles. The van der Waals surface area contributed by atoms with Crippen molar-refractivity contribution >= 4 is 34.3 Å². The molecular formula is C26H23N3O4S. The van der Waals surface area contributed by atoms with Gasteiger partial charge in [-0.15, -0.1) is 0 Å². The predicted molar refractivity (Wildman–Crippen MR) is 132 cm³/mol. The number of allylic oxidation sites excluding steroid dienone is 1. The number of thiazole rings is 1. The summed E-state index contributed by atoms with van der Waals surface area (Å²) in [5, 5.41) is 1.03. The van der Waals surface area contributed by atoms with Gasteiger partial charge in [0.25, 0.3) is 5.56 Å². The summed E-state index contributed by atoms with van der Waals surface area (Å²) in [7, 11) is 1.59. The van der Waals surface area contributed by atoms with Crippen LogP contribution >= 0.6 is 11.3 Å². The van der Waals surface area contributed by atoms with Crippen LogP contribution < -0.4 is 19.6 Å². The van der Waals surface area contributed by atoms with Gasteiger partial charge in [0, 0.05) is 22.7 Å². The summed E-state index contributed by atoms with van der Waals surface area (Å²) in [5.41, 5.74) is 3.39. The molecule has 1 aliphatic heterocycles. The minimum atomic E-state index is -0.647. The van der Waals surface area contributed by atoms with Crippen molar-refractivity contribution in [1.29, 1.82) is 0 Å². The van der Waals surface area contributed by atoms with Crippen molar-refractivity contribution in [3.63, 3.8) is 0 Å². The summed E-state index contributed by atoms with van der Waals surface area (Å²) in [6.07, 6.45) is 3.76. The molecule has 3 heterocycles. The average Bonchev–Trinajstić information content (AvgIpc) is 3.39. The topological polar surface area (TPSA) is 85.7 Å². The number of methoxy groups -OCH3 is 1. The number of nitrogens with one attached hydrogen (secondary N) is 1. The van der Waals surface area contributed by atoms with E-state index in [2.05, 4.69) is 9.98 Å². The molecule has 34 heavy (non-hydrogen) atoms. The average molecular weight is 474 g/mol. The maximum atomic E-state index is 13.7. The molecule has 0 spiro atoms. The minimum absolute atomic E-state index is 0.204. The van der Waals surface area contributed by atoms with Gasteiger partial charge in [-0.05, 0) is 43.7 Å². The molecule has 0 aliphatic carbocycles. The zero-order valence-electron chi connectivity index (χ0n) is 19.0. The third-order valence-electron chi connectivity index (χ3n) is 5.86. The largest absolute Gasteiger partial charge is 0.497 e. The molecule has 8 heteroatoms. The maximum absolute atomic E-state index is 13.7. The first-order chi connectivity index (χ1) is 16.5. The summed E-state index contributed by atoms with van der Waals surface area (Å²) in [6, 6.07) is 14.6. The third kappa shape index (κ3) is 3.66. The monoisotopic (exact) mass is 473 g/mol. The second kappa shape index (κ2) is 8.79. The smallest absolute Gasteiger partial charge is 0.338 e. The van der Waals surface area contributed by atoms with Crippen LogP contribution in [0.25, 0.3) is 17.0 Å². The van der Waals surface area contributed by atoms with Crippen LogP contribution in [-0.2, 0) is 9.53 Å². The summed E-state index contributed by atoms with van der Waals surface area (Å²) in [6.45, 7) is 3.77. The number of fused-ring (bicyclic) bond motifs is 2. The van der Waals surface area contributed by atoms with Gasteiger partial charge in [0.1, 0.15) is 5.75 Å². The van der Waals surface area contributed by atoms with Crippen LogP contribution in [0.15, 0.2) is 75.8 Å². The Morgan fingerprint density at radius 1 is 1.21 bits per heavy atom. The highest BCUT2D eigenvalue weighted by Gasteiger charge is 2.33. The molecule has 0 saturated carbocycles. The highest BCUT2D eigenvalue weighted by Crippen LogP contribution is 2.31. The molecule has 1 aliphatic rings. The molecule has 1 unspecified atom stereocenters. The Balaban J connectivity index is 1.73. The molecule has 0 fully saturated rings. The first-order valence-electron chi connectivity index (χ1n) is 10.9. The fraction of sp³-hybridized carbons (Fsp3) is 0.192. The molecular weight excluding hydrogens is 450 g/mol. The van der Waals surface area contributed by atoms with Gasteiger partial charge in [-0.1, -0.05) is 41.7 Å². The molecule has 0 amide bonds. The van der Waals surface area contributed by atoms with E-state index in [1.54, 1.807) is 25.5 Å². The van der Waals surface area contributed by atoms with Gasteiger partial charge in [-0.25, -0.2) is 9.79 Å². The van der Waals surface area contributed by atoms with Gasteiger partial charge in [0.15, 0.2) is 4.80 Å². The lowest BCUT2D eigenvalue weighted by Gasteiger charge is -2.24. The minimum Gasteiger partial charge on any atom is -0.497 e. The van der Waals surface area contributed by atoms with Crippen LogP contribution in [0.4, 0.5) is 0 Å². The zero-order chi connectivity index (χ0) is 23.8. The van der Waals surface area contributed by atoms with Crippen LogP contribution in [-0.4, -0.2) is 29.2 Å². The lowest BCUT2D eigenvalue weighted by Crippen LogP contribution is -2.39. The second-order valence-electron chi connectivity index (χ2n) is 7.87. The van der Waals surface area contributed by atoms with E-state index < -0.39 is 12.0 Å². The standard InChI is InChI=1S/C26H23N3O4S/c1-4-33-25(31)22-15(2)28-26-29(23(22)16-9-11-18(32-3)12-10-16)24(30)21(34-26)13-17-14-27-20-8-6-5-7-19(17)20/h5-14,23,27H,4H2,1-3H3. The number of hydrogen-bond acceptors (Lipinski definition) is 6. The lowest BCUT2D eigenvalue weighted by atomic mass is 9.96. The number of benzene rings is 2. The van der Waals surface area contributed by atoms with E-state index in [9.17, 15) is 9.59 Å². The van der Waals surface area contributed by atoms with Crippen molar-refractivity contribution in [2.75, 3.05) is 13.7 Å².